The molecule has 4 aromatic rings. The van der Waals surface area contributed by atoms with Crippen molar-refractivity contribution in [1.82, 2.24) is 4.57 Å². The molecule has 0 radical (unpaired) electrons. The number of fused-ring (bicyclic) bond motifs is 3. The molecule has 0 aliphatic rings. The third kappa shape index (κ3) is 3.84. The second-order valence-electron chi connectivity index (χ2n) is 6.56. The van der Waals surface area contributed by atoms with Crippen LogP contribution in [0.3, 0.4) is 0 Å². The van der Waals surface area contributed by atoms with Gasteiger partial charge in [0.25, 0.3) is 5.91 Å². The summed E-state index contributed by atoms with van der Waals surface area (Å²) in [5.74, 6) is -0.0894. The molecular formula is C23H20N2O4S. The first-order valence-electron chi connectivity index (χ1n) is 9.50. The van der Waals surface area contributed by atoms with Crippen molar-refractivity contribution in [2.24, 2.45) is 4.99 Å². The number of rotatable bonds is 5. The maximum Gasteiger partial charge on any atom is 0.325 e. The third-order valence-corrected chi connectivity index (χ3v) is 5.83. The Morgan fingerprint density at radius 1 is 1.03 bits per heavy atom. The fourth-order valence-electron chi connectivity index (χ4n) is 3.24. The normalized spacial score (nSPS) is 11.7. The summed E-state index contributed by atoms with van der Waals surface area (Å²) in [5.41, 5.74) is 1.28. The van der Waals surface area contributed by atoms with Gasteiger partial charge in [0.2, 0.25) is 0 Å². The number of ether oxygens (including phenoxy) is 2. The molecule has 0 spiro atoms. The molecule has 0 saturated heterocycles. The first-order valence-corrected chi connectivity index (χ1v) is 10.3. The standard InChI is InChI=1S/C23H20N2O4S/c1-3-29-17-11-8-16(9-12-17)22(27)24-23-25(14-20(26)28-2)19-13-10-15-6-4-5-7-18(15)21(19)30-23/h4-13H,3,14H2,1-2H3. The Labute approximate surface area is 177 Å². The van der Waals surface area contributed by atoms with E-state index in [2.05, 4.69) is 4.99 Å². The van der Waals surface area contributed by atoms with Gasteiger partial charge >= 0.3 is 5.97 Å². The van der Waals surface area contributed by atoms with Crippen molar-refractivity contribution in [2.75, 3.05) is 13.7 Å². The van der Waals surface area contributed by atoms with Gasteiger partial charge in [-0.25, -0.2) is 0 Å². The maximum absolute atomic E-state index is 12.8. The van der Waals surface area contributed by atoms with Gasteiger partial charge in [-0.05, 0) is 42.6 Å². The topological polar surface area (TPSA) is 69.9 Å². The zero-order valence-corrected chi connectivity index (χ0v) is 17.4. The van der Waals surface area contributed by atoms with E-state index in [1.54, 1.807) is 28.8 Å². The number of carbonyl (C=O) groups is 2. The molecule has 0 aliphatic heterocycles. The molecule has 1 heterocycles. The SMILES string of the molecule is CCOc1ccc(C(=O)N=c2sc3c4ccccc4ccc3n2CC(=O)OC)cc1. The number of aromatic nitrogens is 1. The largest absolute Gasteiger partial charge is 0.494 e. The molecule has 0 fully saturated rings. The summed E-state index contributed by atoms with van der Waals surface area (Å²) in [7, 11) is 1.34. The Balaban J connectivity index is 1.85. The molecule has 0 atom stereocenters. The lowest BCUT2D eigenvalue weighted by Gasteiger charge is -2.05. The van der Waals surface area contributed by atoms with Crippen LogP contribution >= 0.6 is 11.3 Å². The Bertz CT molecular complexity index is 1300. The molecule has 0 unspecified atom stereocenters. The van der Waals surface area contributed by atoms with E-state index in [0.717, 1.165) is 21.0 Å². The third-order valence-electron chi connectivity index (χ3n) is 4.70. The highest BCUT2D eigenvalue weighted by molar-refractivity contribution is 7.17. The van der Waals surface area contributed by atoms with Crippen molar-refractivity contribution in [3.63, 3.8) is 0 Å². The van der Waals surface area contributed by atoms with Crippen molar-refractivity contribution < 1.29 is 19.1 Å². The number of hydrogen-bond acceptors (Lipinski definition) is 5. The van der Waals surface area contributed by atoms with E-state index in [1.165, 1.54) is 18.4 Å². The number of esters is 1. The zero-order chi connectivity index (χ0) is 21.1. The summed E-state index contributed by atoms with van der Waals surface area (Å²) in [6.45, 7) is 2.44. The molecule has 0 saturated carbocycles. The predicted molar refractivity (Wildman–Crippen MR) is 117 cm³/mol. The van der Waals surface area contributed by atoms with Crippen molar-refractivity contribution in [2.45, 2.75) is 13.5 Å². The molecule has 6 nitrogen and oxygen atoms in total. The van der Waals surface area contributed by atoms with Gasteiger partial charge in [0, 0.05) is 10.9 Å². The Kier molecular flexibility index (Phi) is 5.63. The lowest BCUT2D eigenvalue weighted by Crippen LogP contribution is -2.22. The van der Waals surface area contributed by atoms with Crippen molar-refractivity contribution >= 4 is 44.2 Å². The molecule has 4 rings (SSSR count). The minimum Gasteiger partial charge on any atom is -0.494 e. The number of hydrogen-bond donors (Lipinski definition) is 0. The molecule has 1 amide bonds. The average Bonchev–Trinajstić information content (AvgIpc) is 3.11. The molecule has 7 heteroatoms. The van der Waals surface area contributed by atoms with E-state index in [1.807, 2.05) is 43.3 Å². The van der Waals surface area contributed by atoms with Crippen LogP contribution in [-0.4, -0.2) is 30.2 Å². The summed E-state index contributed by atoms with van der Waals surface area (Å²) in [6.07, 6.45) is 0. The lowest BCUT2D eigenvalue weighted by molar-refractivity contribution is -0.141. The lowest BCUT2D eigenvalue weighted by atomic mass is 10.1. The number of thiazole rings is 1. The monoisotopic (exact) mass is 420 g/mol. The van der Waals surface area contributed by atoms with E-state index in [0.29, 0.717) is 22.7 Å². The van der Waals surface area contributed by atoms with Crippen LogP contribution in [0.4, 0.5) is 0 Å². The molecule has 3 aromatic carbocycles. The van der Waals surface area contributed by atoms with E-state index >= 15 is 0 Å². The van der Waals surface area contributed by atoms with Gasteiger partial charge in [0.1, 0.15) is 12.3 Å². The smallest absolute Gasteiger partial charge is 0.325 e. The van der Waals surface area contributed by atoms with Crippen molar-refractivity contribution in [3.8, 4) is 5.75 Å². The van der Waals surface area contributed by atoms with Gasteiger partial charge in [-0.3, -0.25) is 9.59 Å². The van der Waals surface area contributed by atoms with Gasteiger partial charge < -0.3 is 14.0 Å². The van der Waals surface area contributed by atoms with Crippen LogP contribution in [0.2, 0.25) is 0 Å². The van der Waals surface area contributed by atoms with Crippen LogP contribution in [0, 0.1) is 0 Å². The number of nitrogens with zero attached hydrogens (tertiary/aromatic N) is 2. The number of benzene rings is 3. The first-order chi connectivity index (χ1) is 14.6. The highest BCUT2D eigenvalue weighted by atomic mass is 32.1. The molecule has 152 valence electrons. The number of carbonyl (C=O) groups excluding carboxylic acids is 2. The molecule has 0 aliphatic carbocycles. The highest BCUT2D eigenvalue weighted by Crippen LogP contribution is 2.27. The fourth-order valence-corrected chi connectivity index (χ4v) is 4.41. The van der Waals surface area contributed by atoms with Crippen LogP contribution in [0.1, 0.15) is 17.3 Å². The van der Waals surface area contributed by atoms with Crippen molar-refractivity contribution in [3.05, 3.63) is 71.0 Å². The van der Waals surface area contributed by atoms with Gasteiger partial charge in [-0.1, -0.05) is 41.7 Å². The minimum atomic E-state index is -0.405. The molecule has 30 heavy (non-hydrogen) atoms. The van der Waals surface area contributed by atoms with Crippen LogP contribution in [0.25, 0.3) is 21.0 Å². The molecule has 0 bridgehead atoms. The Morgan fingerprint density at radius 2 is 1.80 bits per heavy atom. The van der Waals surface area contributed by atoms with Crippen LogP contribution < -0.4 is 9.54 Å². The molecular weight excluding hydrogens is 400 g/mol. The van der Waals surface area contributed by atoms with E-state index in [4.69, 9.17) is 9.47 Å². The second-order valence-corrected chi connectivity index (χ2v) is 7.53. The summed E-state index contributed by atoms with van der Waals surface area (Å²) in [4.78, 5) is 29.6. The molecule has 0 N–H and O–H groups in total. The summed E-state index contributed by atoms with van der Waals surface area (Å²) in [5, 5.41) is 2.13. The fraction of sp³-hybridized carbons (Fsp3) is 0.174. The minimum absolute atomic E-state index is 0.0236. The first kappa shape index (κ1) is 19.8. The van der Waals surface area contributed by atoms with E-state index < -0.39 is 5.97 Å². The Hall–Kier alpha value is -3.45. The highest BCUT2D eigenvalue weighted by Gasteiger charge is 2.14. The van der Waals surface area contributed by atoms with Crippen LogP contribution in [0.5, 0.6) is 5.75 Å². The number of amides is 1. The quantitative estimate of drug-likeness (QED) is 0.455. The molecule has 1 aromatic heterocycles. The average molecular weight is 420 g/mol. The Morgan fingerprint density at radius 3 is 2.53 bits per heavy atom. The maximum atomic E-state index is 12.8. The van der Waals surface area contributed by atoms with E-state index in [9.17, 15) is 9.59 Å². The van der Waals surface area contributed by atoms with Gasteiger partial charge in [-0.2, -0.15) is 4.99 Å². The summed E-state index contributed by atoms with van der Waals surface area (Å²) >= 11 is 1.38. The van der Waals surface area contributed by atoms with Crippen LogP contribution in [-0.2, 0) is 16.1 Å². The number of methoxy groups -OCH3 is 1. The van der Waals surface area contributed by atoms with Gasteiger partial charge in [0.15, 0.2) is 4.80 Å². The van der Waals surface area contributed by atoms with Crippen molar-refractivity contribution in [1.29, 1.82) is 0 Å². The zero-order valence-electron chi connectivity index (χ0n) is 16.6. The second kappa shape index (κ2) is 8.51. The summed E-state index contributed by atoms with van der Waals surface area (Å²) in [6, 6.07) is 18.8. The van der Waals surface area contributed by atoms with Crippen LogP contribution in [0.15, 0.2) is 65.7 Å². The van der Waals surface area contributed by atoms with E-state index in [-0.39, 0.29) is 12.5 Å². The summed E-state index contributed by atoms with van der Waals surface area (Å²) < 4.78 is 13.0. The van der Waals surface area contributed by atoms with Gasteiger partial charge in [0.05, 0.1) is 23.9 Å². The predicted octanol–water partition coefficient (Wildman–Crippen LogP) is 4.17. The van der Waals surface area contributed by atoms with Gasteiger partial charge in [-0.15, -0.1) is 0 Å².